The lowest BCUT2D eigenvalue weighted by molar-refractivity contribution is -0.132. The molecule has 7 heteroatoms. The largest absolute Gasteiger partial charge is 0.378 e. The van der Waals surface area contributed by atoms with Crippen molar-refractivity contribution in [1.29, 1.82) is 0 Å². The summed E-state index contributed by atoms with van der Waals surface area (Å²) >= 11 is 4.77. The minimum Gasteiger partial charge on any atom is -0.378 e. The zero-order chi connectivity index (χ0) is 16.7. The van der Waals surface area contributed by atoms with Gasteiger partial charge in [0.1, 0.15) is 0 Å². The number of hydrogen-bond donors (Lipinski definition) is 0. The van der Waals surface area contributed by atoms with Gasteiger partial charge in [-0.15, -0.1) is 11.8 Å². The molecule has 5 nitrogen and oxygen atoms in total. The molecular formula is C16H21BrN2O3S. The van der Waals surface area contributed by atoms with Gasteiger partial charge in [-0.2, -0.15) is 0 Å². The Morgan fingerprint density at radius 1 is 1.22 bits per heavy atom. The van der Waals surface area contributed by atoms with Gasteiger partial charge < -0.3 is 14.5 Å². The maximum atomic E-state index is 12.1. The lowest BCUT2D eigenvalue weighted by Gasteiger charge is -2.26. The molecule has 0 aromatic heterocycles. The highest BCUT2D eigenvalue weighted by Crippen LogP contribution is 2.13. The Hall–Kier alpha value is -1.05. The predicted octanol–water partition coefficient (Wildman–Crippen LogP) is 2.00. The van der Waals surface area contributed by atoms with E-state index in [2.05, 4.69) is 15.9 Å². The van der Waals surface area contributed by atoms with Crippen LogP contribution in [0.5, 0.6) is 0 Å². The fourth-order valence-electron chi connectivity index (χ4n) is 2.19. The van der Waals surface area contributed by atoms with Gasteiger partial charge in [0.15, 0.2) is 0 Å². The maximum absolute atomic E-state index is 12.1. The molecule has 0 radical (unpaired) electrons. The highest BCUT2D eigenvalue weighted by Gasteiger charge is 2.17. The van der Waals surface area contributed by atoms with Gasteiger partial charge in [-0.05, 0) is 17.7 Å². The molecule has 0 spiro atoms. The fraction of sp³-hybridized carbons (Fsp3) is 0.500. The molecule has 2 rings (SSSR count). The first-order valence-electron chi connectivity index (χ1n) is 7.48. The third-order valence-corrected chi connectivity index (χ3v) is 5.00. The average Bonchev–Trinajstić information content (AvgIpc) is 2.57. The molecule has 1 aromatic rings. The van der Waals surface area contributed by atoms with Crippen molar-refractivity contribution in [2.24, 2.45) is 0 Å². The molecule has 0 unspecified atom stereocenters. The molecule has 0 atom stereocenters. The predicted molar refractivity (Wildman–Crippen MR) is 95.3 cm³/mol. The summed E-state index contributed by atoms with van der Waals surface area (Å²) in [5, 5.41) is 0. The molecule has 0 saturated carbocycles. The van der Waals surface area contributed by atoms with Gasteiger partial charge in [0.25, 0.3) is 0 Å². The van der Waals surface area contributed by atoms with Gasteiger partial charge in [0.05, 0.1) is 24.7 Å². The molecule has 1 aromatic carbocycles. The molecule has 0 bridgehead atoms. The van der Waals surface area contributed by atoms with Gasteiger partial charge in [-0.1, -0.05) is 28.1 Å². The fourth-order valence-corrected chi connectivity index (χ4v) is 3.31. The Morgan fingerprint density at radius 2 is 1.87 bits per heavy atom. The van der Waals surface area contributed by atoms with Gasteiger partial charge in [-0.3, -0.25) is 9.59 Å². The second-order valence-corrected chi connectivity index (χ2v) is 7.26. The van der Waals surface area contributed by atoms with E-state index >= 15 is 0 Å². The van der Waals surface area contributed by atoms with Crippen molar-refractivity contribution in [3.63, 3.8) is 0 Å². The van der Waals surface area contributed by atoms with Crippen LogP contribution < -0.4 is 0 Å². The molecule has 1 fully saturated rings. The molecular weight excluding hydrogens is 380 g/mol. The minimum absolute atomic E-state index is 0.0349. The lowest BCUT2D eigenvalue weighted by Crippen LogP contribution is -2.41. The minimum atomic E-state index is 0.0349. The van der Waals surface area contributed by atoms with Crippen molar-refractivity contribution in [1.82, 2.24) is 9.80 Å². The van der Waals surface area contributed by atoms with E-state index in [0.717, 1.165) is 10.0 Å². The number of halogens is 1. The number of hydrogen-bond acceptors (Lipinski definition) is 4. The van der Waals surface area contributed by atoms with Gasteiger partial charge in [0.2, 0.25) is 11.8 Å². The number of carbonyl (C=O) groups excluding carboxylic acids is 2. The molecule has 126 valence electrons. The summed E-state index contributed by atoms with van der Waals surface area (Å²) < 4.78 is 6.24. The maximum Gasteiger partial charge on any atom is 0.232 e. The van der Waals surface area contributed by atoms with E-state index in [1.165, 1.54) is 11.8 Å². The quantitative estimate of drug-likeness (QED) is 0.732. The molecule has 0 aliphatic carbocycles. The van der Waals surface area contributed by atoms with Crippen molar-refractivity contribution in [3.05, 3.63) is 34.3 Å². The normalized spacial score (nSPS) is 14.6. The number of rotatable bonds is 6. The van der Waals surface area contributed by atoms with E-state index in [1.807, 2.05) is 24.3 Å². The zero-order valence-electron chi connectivity index (χ0n) is 13.2. The van der Waals surface area contributed by atoms with Crippen molar-refractivity contribution in [3.8, 4) is 0 Å². The summed E-state index contributed by atoms with van der Waals surface area (Å²) in [6, 6.07) is 7.90. The van der Waals surface area contributed by atoms with E-state index < -0.39 is 0 Å². The van der Waals surface area contributed by atoms with Crippen LogP contribution in [-0.4, -0.2) is 66.5 Å². The number of ether oxygens (including phenoxy) is 1. The third kappa shape index (κ3) is 6.16. The number of nitrogens with zero attached hydrogens (tertiary/aromatic N) is 2. The smallest absolute Gasteiger partial charge is 0.232 e. The molecule has 23 heavy (non-hydrogen) atoms. The number of carbonyl (C=O) groups is 2. The van der Waals surface area contributed by atoms with Crippen LogP contribution in [0, 0.1) is 0 Å². The van der Waals surface area contributed by atoms with Crippen LogP contribution in [0.25, 0.3) is 0 Å². The van der Waals surface area contributed by atoms with E-state index in [4.69, 9.17) is 4.74 Å². The summed E-state index contributed by atoms with van der Waals surface area (Å²) in [7, 11) is 1.79. The van der Waals surface area contributed by atoms with Crippen molar-refractivity contribution < 1.29 is 14.3 Å². The van der Waals surface area contributed by atoms with E-state index in [-0.39, 0.29) is 11.8 Å². The second kappa shape index (κ2) is 9.30. The first kappa shape index (κ1) is 18.3. The number of amides is 2. The summed E-state index contributed by atoms with van der Waals surface area (Å²) in [4.78, 5) is 27.6. The van der Waals surface area contributed by atoms with Gasteiger partial charge >= 0.3 is 0 Å². The Kier molecular flexibility index (Phi) is 7.39. The van der Waals surface area contributed by atoms with Crippen LogP contribution in [0.2, 0.25) is 0 Å². The molecule has 1 aliphatic rings. The summed E-state index contributed by atoms with van der Waals surface area (Å²) in [5.74, 6) is 0.787. The third-order valence-electron chi connectivity index (χ3n) is 3.57. The van der Waals surface area contributed by atoms with Crippen molar-refractivity contribution in [2.45, 2.75) is 6.54 Å². The van der Waals surface area contributed by atoms with Crippen molar-refractivity contribution in [2.75, 3.05) is 44.9 Å². The number of benzene rings is 1. The monoisotopic (exact) mass is 400 g/mol. The second-order valence-electron chi connectivity index (χ2n) is 5.36. The van der Waals surface area contributed by atoms with Gasteiger partial charge in [0, 0.05) is 31.2 Å². The Bertz CT molecular complexity index is 533. The SMILES string of the molecule is CN(Cc1ccc(Br)cc1)C(=O)CSCC(=O)N1CCOCC1. The van der Waals surface area contributed by atoms with Crippen molar-refractivity contribution >= 4 is 39.5 Å². The Balaban J connectivity index is 1.69. The van der Waals surface area contributed by atoms with E-state index in [1.54, 1.807) is 16.8 Å². The topological polar surface area (TPSA) is 49.9 Å². The molecule has 2 amide bonds. The zero-order valence-corrected chi connectivity index (χ0v) is 15.6. The lowest BCUT2D eigenvalue weighted by atomic mass is 10.2. The summed E-state index contributed by atoms with van der Waals surface area (Å²) in [5.41, 5.74) is 1.08. The highest BCUT2D eigenvalue weighted by molar-refractivity contribution is 9.10. The van der Waals surface area contributed by atoms with Crippen LogP contribution in [0.4, 0.5) is 0 Å². The van der Waals surface area contributed by atoms with E-state index in [0.29, 0.717) is 44.4 Å². The van der Waals surface area contributed by atoms with Crippen LogP contribution in [-0.2, 0) is 20.9 Å². The van der Waals surface area contributed by atoms with Crippen LogP contribution >= 0.6 is 27.7 Å². The molecule has 1 aliphatic heterocycles. The average molecular weight is 401 g/mol. The van der Waals surface area contributed by atoms with Crippen LogP contribution in [0.15, 0.2) is 28.7 Å². The van der Waals surface area contributed by atoms with E-state index in [9.17, 15) is 9.59 Å². The molecule has 0 N–H and O–H groups in total. The standard InChI is InChI=1S/C16H21BrN2O3S/c1-18(10-13-2-4-14(17)5-3-13)15(20)11-23-12-16(21)19-6-8-22-9-7-19/h2-5H,6-12H2,1H3. The number of morpholine rings is 1. The Morgan fingerprint density at radius 3 is 2.52 bits per heavy atom. The first-order valence-corrected chi connectivity index (χ1v) is 9.42. The van der Waals surface area contributed by atoms with Gasteiger partial charge in [-0.25, -0.2) is 0 Å². The Labute approximate surface area is 149 Å². The van der Waals surface area contributed by atoms with Crippen LogP contribution in [0.1, 0.15) is 5.56 Å². The summed E-state index contributed by atoms with van der Waals surface area (Å²) in [6.07, 6.45) is 0. The molecule has 1 saturated heterocycles. The highest BCUT2D eigenvalue weighted by atomic mass is 79.9. The first-order chi connectivity index (χ1) is 11.1. The van der Waals surface area contributed by atoms with Crippen LogP contribution in [0.3, 0.4) is 0 Å². The summed E-state index contributed by atoms with van der Waals surface area (Å²) in [6.45, 7) is 3.08. The molecule has 1 heterocycles. The number of thioether (sulfide) groups is 1.